The van der Waals surface area contributed by atoms with Crippen LogP contribution in [0.1, 0.15) is 41.8 Å². The van der Waals surface area contributed by atoms with Crippen molar-refractivity contribution in [2.75, 3.05) is 6.54 Å². The lowest BCUT2D eigenvalue weighted by atomic mass is 10.0. The van der Waals surface area contributed by atoms with Crippen molar-refractivity contribution in [3.05, 3.63) is 23.3 Å². The molecule has 2 rings (SSSR count). The van der Waals surface area contributed by atoms with E-state index in [1.165, 1.54) is 4.52 Å². The third kappa shape index (κ3) is 3.38. The van der Waals surface area contributed by atoms with Crippen LogP contribution in [-0.2, 0) is 4.79 Å². The number of hydrogen-bond donors (Lipinski definition) is 2. The van der Waals surface area contributed by atoms with Crippen LogP contribution in [0.15, 0.2) is 6.07 Å². The lowest BCUT2D eigenvalue weighted by Gasteiger charge is -2.10. The van der Waals surface area contributed by atoms with E-state index in [0.717, 1.165) is 17.8 Å². The highest BCUT2D eigenvalue weighted by molar-refractivity contribution is 5.91. The highest BCUT2D eigenvalue weighted by Gasteiger charge is 2.20. The van der Waals surface area contributed by atoms with Crippen LogP contribution in [0.4, 0.5) is 0 Å². The molecule has 22 heavy (non-hydrogen) atoms. The van der Waals surface area contributed by atoms with Gasteiger partial charge in [-0.3, -0.25) is 9.59 Å². The second-order valence-electron chi connectivity index (χ2n) is 5.22. The normalized spacial score (nSPS) is 12.3. The van der Waals surface area contributed by atoms with Crippen molar-refractivity contribution in [2.24, 2.45) is 5.92 Å². The fourth-order valence-electron chi connectivity index (χ4n) is 2.22. The summed E-state index contributed by atoms with van der Waals surface area (Å²) in [6.45, 7) is 5.64. The van der Waals surface area contributed by atoms with Crippen LogP contribution in [0.3, 0.4) is 0 Å². The lowest BCUT2D eigenvalue weighted by Crippen LogP contribution is -2.33. The van der Waals surface area contributed by atoms with Crippen LogP contribution < -0.4 is 5.32 Å². The van der Waals surface area contributed by atoms with Crippen LogP contribution in [0.2, 0.25) is 0 Å². The van der Waals surface area contributed by atoms with Gasteiger partial charge in [0.2, 0.25) is 5.82 Å². The second-order valence-corrected chi connectivity index (χ2v) is 5.22. The second kappa shape index (κ2) is 6.50. The molecule has 0 aliphatic carbocycles. The lowest BCUT2D eigenvalue weighted by molar-refractivity contribution is -0.141. The Bertz CT molecular complexity index is 710. The molecule has 2 heterocycles. The molecule has 0 fully saturated rings. The van der Waals surface area contributed by atoms with Crippen molar-refractivity contribution in [3.63, 3.8) is 0 Å². The van der Waals surface area contributed by atoms with Crippen LogP contribution >= 0.6 is 0 Å². The predicted octanol–water partition coefficient (Wildman–Crippen LogP) is 0.972. The molecule has 0 saturated carbocycles. The molecule has 0 aromatic carbocycles. The van der Waals surface area contributed by atoms with Gasteiger partial charge in [-0.25, -0.2) is 9.50 Å². The molecule has 2 aromatic heterocycles. The van der Waals surface area contributed by atoms with E-state index in [-0.39, 0.29) is 12.4 Å². The first-order chi connectivity index (χ1) is 10.4. The van der Waals surface area contributed by atoms with Gasteiger partial charge >= 0.3 is 5.97 Å². The summed E-state index contributed by atoms with van der Waals surface area (Å²) in [4.78, 5) is 31.4. The summed E-state index contributed by atoms with van der Waals surface area (Å²) in [5.41, 5.74) is 1.61. The highest BCUT2D eigenvalue weighted by Crippen LogP contribution is 2.07. The predicted molar refractivity (Wildman–Crippen MR) is 78.6 cm³/mol. The molecule has 2 N–H and O–H groups in total. The van der Waals surface area contributed by atoms with Crippen molar-refractivity contribution in [1.82, 2.24) is 24.9 Å². The van der Waals surface area contributed by atoms with E-state index in [4.69, 9.17) is 5.11 Å². The Balaban J connectivity index is 2.13. The maximum absolute atomic E-state index is 12.1. The zero-order valence-corrected chi connectivity index (χ0v) is 12.8. The van der Waals surface area contributed by atoms with Gasteiger partial charge in [0.25, 0.3) is 11.7 Å². The Morgan fingerprint density at radius 1 is 1.36 bits per heavy atom. The van der Waals surface area contributed by atoms with Gasteiger partial charge in [0.05, 0.1) is 5.92 Å². The fraction of sp³-hybridized carbons (Fsp3) is 0.500. The molecule has 0 saturated heterocycles. The summed E-state index contributed by atoms with van der Waals surface area (Å²) in [5, 5.41) is 15.8. The molecular formula is C14H19N5O3. The Morgan fingerprint density at radius 3 is 2.73 bits per heavy atom. The molecule has 8 nitrogen and oxygen atoms in total. The van der Waals surface area contributed by atoms with Gasteiger partial charge in [0.15, 0.2) is 0 Å². The molecule has 1 atom stereocenters. The van der Waals surface area contributed by atoms with E-state index in [1.54, 1.807) is 0 Å². The standard InChI is InChI=1S/C14H19N5O3/c1-4-5-10(13(21)22)7-15-12(20)11-17-14-16-8(2)6-9(3)19(14)18-11/h6,10H,4-5,7H2,1-3H3,(H,15,20)(H,21,22). The number of rotatable bonds is 6. The summed E-state index contributed by atoms with van der Waals surface area (Å²) in [6, 6.07) is 1.84. The van der Waals surface area contributed by atoms with Gasteiger partial charge in [-0.05, 0) is 26.3 Å². The Hall–Kier alpha value is -2.51. The summed E-state index contributed by atoms with van der Waals surface area (Å²) >= 11 is 0. The Kier molecular flexibility index (Phi) is 4.69. The summed E-state index contributed by atoms with van der Waals surface area (Å²) in [6.07, 6.45) is 1.25. The minimum Gasteiger partial charge on any atom is -0.481 e. The minimum absolute atomic E-state index is 0.0122. The number of amides is 1. The molecule has 1 amide bonds. The number of carboxylic acids is 1. The molecule has 0 bridgehead atoms. The fourth-order valence-corrected chi connectivity index (χ4v) is 2.22. The van der Waals surface area contributed by atoms with E-state index in [2.05, 4.69) is 20.4 Å². The van der Waals surface area contributed by atoms with Crippen molar-refractivity contribution in [2.45, 2.75) is 33.6 Å². The van der Waals surface area contributed by atoms with Crippen LogP contribution in [-0.4, -0.2) is 43.1 Å². The molecule has 8 heteroatoms. The molecule has 118 valence electrons. The third-order valence-corrected chi connectivity index (χ3v) is 3.32. The zero-order chi connectivity index (χ0) is 16.3. The van der Waals surface area contributed by atoms with Crippen LogP contribution in [0.25, 0.3) is 5.78 Å². The number of carbonyl (C=O) groups is 2. The van der Waals surface area contributed by atoms with Crippen molar-refractivity contribution < 1.29 is 14.7 Å². The van der Waals surface area contributed by atoms with E-state index < -0.39 is 17.8 Å². The van der Waals surface area contributed by atoms with Gasteiger partial charge in [-0.1, -0.05) is 13.3 Å². The minimum atomic E-state index is -0.918. The van der Waals surface area contributed by atoms with Gasteiger partial charge < -0.3 is 10.4 Å². The summed E-state index contributed by atoms with van der Waals surface area (Å²) in [7, 11) is 0. The van der Waals surface area contributed by atoms with E-state index in [1.807, 2.05) is 26.8 Å². The molecule has 2 aromatic rings. The number of carbonyl (C=O) groups excluding carboxylic acids is 1. The van der Waals surface area contributed by atoms with Crippen LogP contribution in [0, 0.1) is 19.8 Å². The molecule has 0 spiro atoms. The van der Waals surface area contributed by atoms with Crippen molar-refractivity contribution >= 4 is 17.7 Å². The first-order valence-corrected chi connectivity index (χ1v) is 7.14. The number of carboxylic acid groups (broad SMARTS) is 1. The van der Waals surface area contributed by atoms with Gasteiger partial charge in [0.1, 0.15) is 0 Å². The largest absolute Gasteiger partial charge is 0.481 e. The number of aryl methyl sites for hydroxylation is 2. The molecule has 1 unspecified atom stereocenters. The average molecular weight is 305 g/mol. The number of nitrogens with one attached hydrogen (secondary N) is 1. The highest BCUT2D eigenvalue weighted by atomic mass is 16.4. The van der Waals surface area contributed by atoms with Gasteiger partial charge in [-0.15, -0.1) is 5.10 Å². The summed E-state index contributed by atoms with van der Waals surface area (Å²) in [5.74, 6) is -1.68. The molecule has 0 aliphatic rings. The van der Waals surface area contributed by atoms with Gasteiger partial charge in [-0.2, -0.15) is 4.98 Å². The SMILES string of the molecule is CCCC(CNC(=O)c1nc2nc(C)cc(C)n2n1)C(=O)O. The molecular weight excluding hydrogens is 286 g/mol. The van der Waals surface area contributed by atoms with E-state index in [0.29, 0.717) is 12.2 Å². The first kappa shape index (κ1) is 15.9. The van der Waals surface area contributed by atoms with Crippen molar-refractivity contribution in [1.29, 1.82) is 0 Å². The number of hydrogen-bond acceptors (Lipinski definition) is 5. The number of aliphatic carboxylic acids is 1. The maximum Gasteiger partial charge on any atom is 0.308 e. The Morgan fingerprint density at radius 2 is 2.09 bits per heavy atom. The van der Waals surface area contributed by atoms with Gasteiger partial charge in [0, 0.05) is 17.9 Å². The van der Waals surface area contributed by atoms with Crippen LogP contribution in [0.5, 0.6) is 0 Å². The zero-order valence-electron chi connectivity index (χ0n) is 12.8. The van der Waals surface area contributed by atoms with Crippen molar-refractivity contribution in [3.8, 4) is 0 Å². The third-order valence-electron chi connectivity index (χ3n) is 3.32. The monoisotopic (exact) mass is 305 g/mol. The number of nitrogens with zero attached hydrogens (tertiary/aromatic N) is 4. The topological polar surface area (TPSA) is 109 Å². The number of aromatic nitrogens is 4. The summed E-state index contributed by atoms with van der Waals surface area (Å²) < 4.78 is 1.49. The quantitative estimate of drug-likeness (QED) is 0.823. The Labute approximate surface area is 127 Å². The first-order valence-electron chi connectivity index (χ1n) is 7.14. The maximum atomic E-state index is 12.1. The van der Waals surface area contributed by atoms with E-state index in [9.17, 15) is 9.59 Å². The average Bonchev–Trinajstić information content (AvgIpc) is 2.87. The molecule has 0 aliphatic heterocycles. The smallest absolute Gasteiger partial charge is 0.308 e. The van der Waals surface area contributed by atoms with E-state index >= 15 is 0 Å². The number of fused-ring (bicyclic) bond motifs is 1. The molecule has 0 radical (unpaired) electrons.